The number of nitrogens with zero attached hydrogens (tertiary/aromatic N) is 2. The Bertz CT molecular complexity index is 545. The van der Waals surface area contributed by atoms with Gasteiger partial charge in [0, 0.05) is 36.9 Å². The summed E-state index contributed by atoms with van der Waals surface area (Å²) in [5.74, 6) is 0. The summed E-state index contributed by atoms with van der Waals surface area (Å²) in [6, 6.07) is 4.42. The van der Waals surface area contributed by atoms with Crippen molar-refractivity contribution in [3.05, 3.63) is 32.8 Å². The number of anilines is 1. The zero-order chi connectivity index (χ0) is 14.3. The average Bonchev–Trinajstić information content (AvgIpc) is 3.14. The molecule has 1 aliphatic carbocycles. The van der Waals surface area contributed by atoms with E-state index in [1.54, 1.807) is 6.07 Å². The minimum atomic E-state index is -0.441. The van der Waals surface area contributed by atoms with Crippen LogP contribution in [0.5, 0.6) is 0 Å². The number of hydrogen-bond donors (Lipinski definition) is 1. The Balaban J connectivity index is 1.71. The number of nitro groups is 1. The third-order valence-electron chi connectivity index (χ3n) is 4.13. The predicted octanol–water partition coefficient (Wildman–Crippen LogP) is 3.21. The first-order valence-corrected chi connectivity index (χ1v) is 7.37. The largest absolute Gasteiger partial charge is 0.381 e. The van der Waals surface area contributed by atoms with Crippen LogP contribution in [0.25, 0.3) is 0 Å². The normalized spacial score (nSPS) is 23.0. The van der Waals surface area contributed by atoms with E-state index in [9.17, 15) is 10.1 Å². The van der Waals surface area contributed by atoms with Crippen LogP contribution in [0.3, 0.4) is 0 Å². The Morgan fingerprint density at radius 3 is 2.80 bits per heavy atom. The predicted molar refractivity (Wildman–Crippen MR) is 79.5 cm³/mol. The zero-order valence-electron chi connectivity index (χ0n) is 11.4. The fourth-order valence-corrected chi connectivity index (χ4v) is 3.09. The van der Waals surface area contributed by atoms with Gasteiger partial charge in [-0.05, 0) is 37.8 Å². The van der Waals surface area contributed by atoms with Crippen molar-refractivity contribution < 1.29 is 4.92 Å². The fourth-order valence-electron chi connectivity index (χ4n) is 2.86. The lowest BCUT2D eigenvalue weighted by atomic mass is 10.1. The van der Waals surface area contributed by atoms with Crippen LogP contribution in [0.1, 0.15) is 24.8 Å². The maximum atomic E-state index is 10.8. The molecule has 1 atom stereocenters. The van der Waals surface area contributed by atoms with Crippen molar-refractivity contribution >= 4 is 23.0 Å². The summed E-state index contributed by atoms with van der Waals surface area (Å²) in [6.45, 7) is 4.07. The number of hydrogen-bond acceptors (Lipinski definition) is 4. The van der Waals surface area contributed by atoms with Gasteiger partial charge in [-0.25, -0.2) is 0 Å². The summed E-state index contributed by atoms with van der Waals surface area (Å²) < 4.78 is 0. The highest BCUT2D eigenvalue weighted by molar-refractivity contribution is 6.33. The van der Waals surface area contributed by atoms with Crippen LogP contribution in [-0.4, -0.2) is 35.0 Å². The molecule has 5 nitrogen and oxygen atoms in total. The second-order valence-corrected chi connectivity index (χ2v) is 6.14. The van der Waals surface area contributed by atoms with E-state index in [1.165, 1.54) is 18.9 Å². The summed E-state index contributed by atoms with van der Waals surface area (Å²) in [4.78, 5) is 12.9. The van der Waals surface area contributed by atoms with E-state index in [0.717, 1.165) is 36.8 Å². The highest BCUT2D eigenvalue weighted by Gasteiger charge is 2.34. The first kappa shape index (κ1) is 13.6. The number of nitrogens with one attached hydrogen (secondary N) is 1. The standard InChI is InChI=1S/C14H18ClN3O2/c1-9-6-14(18(19)20)12(15)7-13(9)16-10-4-5-17(8-10)11-2-3-11/h6-7,10-11,16H,2-5,8H2,1H3. The summed E-state index contributed by atoms with van der Waals surface area (Å²) in [5.41, 5.74) is 1.75. The van der Waals surface area contributed by atoms with E-state index >= 15 is 0 Å². The van der Waals surface area contributed by atoms with Gasteiger partial charge >= 0.3 is 0 Å². The van der Waals surface area contributed by atoms with Gasteiger partial charge in [-0.2, -0.15) is 0 Å². The Kier molecular flexibility index (Phi) is 3.56. The van der Waals surface area contributed by atoms with Crippen LogP contribution in [-0.2, 0) is 0 Å². The lowest BCUT2D eigenvalue weighted by Gasteiger charge is -2.18. The molecule has 2 fully saturated rings. The molecule has 1 aromatic carbocycles. The van der Waals surface area contributed by atoms with Crippen molar-refractivity contribution in [3.63, 3.8) is 0 Å². The molecule has 6 heteroatoms. The third-order valence-corrected chi connectivity index (χ3v) is 4.44. The topological polar surface area (TPSA) is 58.4 Å². The fraction of sp³-hybridized carbons (Fsp3) is 0.571. The Hall–Kier alpha value is -1.33. The number of halogens is 1. The Morgan fingerprint density at radius 1 is 1.40 bits per heavy atom. The molecule has 3 rings (SSSR count). The summed E-state index contributed by atoms with van der Waals surface area (Å²) in [7, 11) is 0. The quantitative estimate of drug-likeness (QED) is 0.684. The number of aryl methyl sites for hydroxylation is 1. The summed E-state index contributed by atoms with van der Waals surface area (Å²) in [6.07, 6.45) is 3.77. The summed E-state index contributed by atoms with van der Waals surface area (Å²) in [5, 5.41) is 14.5. The van der Waals surface area contributed by atoms with E-state index in [2.05, 4.69) is 10.2 Å². The van der Waals surface area contributed by atoms with Crippen LogP contribution in [0.4, 0.5) is 11.4 Å². The van der Waals surface area contributed by atoms with Gasteiger partial charge in [0.25, 0.3) is 5.69 Å². The number of benzene rings is 1. The molecule has 0 aromatic heterocycles. The van der Waals surface area contributed by atoms with E-state index < -0.39 is 4.92 Å². The Labute approximate surface area is 123 Å². The van der Waals surface area contributed by atoms with E-state index in [1.807, 2.05) is 6.92 Å². The molecule has 1 unspecified atom stereocenters. The molecule has 20 heavy (non-hydrogen) atoms. The first-order valence-electron chi connectivity index (χ1n) is 6.99. The molecule has 0 amide bonds. The second-order valence-electron chi connectivity index (χ2n) is 5.73. The average molecular weight is 296 g/mol. The smallest absolute Gasteiger partial charge is 0.288 e. The number of rotatable bonds is 4. The van der Waals surface area contributed by atoms with Crippen molar-refractivity contribution in [3.8, 4) is 0 Å². The lowest BCUT2D eigenvalue weighted by Crippen LogP contribution is -2.27. The Morgan fingerprint density at radius 2 is 2.15 bits per heavy atom. The molecule has 1 saturated carbocycles. The SMILES string of the molecule is Cc1cc([N+](=O)[O-])c(Cl)cc1NC1CCN(C2CC2)C1. The molecule has 1 saturated heterocycles. The molecule has 1 heterocycles. The van der Waals surface area contributed by atoms with E-state index in [4.69, 9.17) is 11.6 Å². The molecule has 1 aromatic rings. The van der Waals surface area contributed by atoms with Crippen LogP contribution < -0.4 is 5.32 Å². The van der Waals surface area contributed by atoms with Gasteiger partial charge in [0.1, 0.15) is 5.02 Å². The minimum absolute atomic E-state index is 0.0271. The molecule has 0 radical (unpaired) electrons. The highest BCUT2D eigenvalue weighted by atomic mass is 35.5. The minimum Gasteiger partial charge on any atom is -0.381 e. The van der Waals surface area contributed by atoms with Gasteiger partial charge in [0.15, 0.2) is 0 Å². The molecule has 0 spiro atoms. The molecule has 1 aliphatic heterocycles. The van der Waals surface area contributed by atoms with Gasteiger partial charge in [0.2, 0.25) is 0 Å². The molecule has 1 N–H and O–H groups in total. The van der Waals surface area contributed by atoms with Crippen molar-refractivity contribution in [1.29, 1.82) is 0 Å². The lowest BCUT2D eigenvalue weighted by molar-refractivity contribution is -0.384. The van der Waals surface area contributed by atoms with E-state index in [0.29, 0.717) is 6.04 Å². The van der Waals surface area contributed by atoms with Crippen LogP contribution >= 0.6 is 11.6 Å². The molecular weight excluding hydrogens is 278 g/mol. The molecular formula is C14H18ClN3O2. The highest BCUT2D eigenvalue weighted by Crippen LogP contribution is 2.33. The van der Waals surface area contributed by atoms with Gasteiger partial charge in [-0.1, -0.05) is 11.6 Å². The van der Waals surface area contributed by atoms with Gasteiger partial charge < -0.3 is 5.32 Å². The zero-order valence-corrected chi connectivity index (χ0v) is 12.2. The van der Waals surface area contributed by atoms with Crippen molar-refractivity contribution in [2.75, 3.05) is 18.4 Å². The van der Waals surface area contributed by atoms with Gasteiger partial charge in [-0.3, -0.25) is 15.0 Å². The molecule has 2 aliphatic rings. The summed E-state index contributed by atoms with van der Waals surface area (Å²) >= 11 is 5.98. The van der Waals surface area contributed by atoms with Crippen molar-refractivity contribution in [1.82, 2.24) is 4.90 Å². The third kappa shape index (κ3) is 2.74. The maximum Gasteiger partial charge on any atom is 0.288 e. The second kappa shape index (κ2) is 5.22. The number of likely N-dealkylation sites (tertiary alicyclic amines) is 1. The van der Waals surface area contributed by atoms with Crippen molar-refractivity contribution in [2.45, 2.75) is 38.3 Å². The van der Waals surface area contributed by atoms with Crippen LogP contribution in [0.15, 0.2) is 12.1 Å². The van der Waals surface area contributed by atoms with Gasteiger partial charge in [-0.15, -0.1) is 0 Å². The number of nitro benzene ring substituents is 1. The van der Waals surface area contributed by atoms with Gasteiger partial charge in [0.05, 0.1) is 4.92 Å². The van der Waals surface area contributed by atoms with Crippen LogP contribution in [0, 0.1) is 17.0 Å². The van der Waals surface area contributed by atoms with Crippen molar-refractivity contribution in [2.24, 2.45) is 0 Å². The van der Waals surface area contributed by atoms with Crippen LogP contribution in [0.2, 0.25) is 5.02 Å². The monoisotopic (exact) mass is 295 g/mol. The maximum absolute atomic E-state index is 10.8. The molecule has 108 valence electrons. The van der Waals surface area contributed by atoms with E-state index in [-0.39, 0.29) is 10.7 Å². The molecule has 0 bridgehead atoms. The first-order chi connectivity index (χ1) is 9.54.